The Morgan fingerprint density at radius 2 is 1.97 bits per heavy atom. The number of hydrogen-bond acceptors (Lipinski definition) is 6. The summed E-state index contributed by atoms with van der Waals surface area (Å²) in [5.74, 6) is -0.0117. The van der Waals surface area contributed by atoms with Gasteiger partial charge in [0.05, 0.1) is 12.0 Å². The van der Waals surface area contributed by atoms with Crippen molar-refractivity contribution >= 4 is 23.2 Å². The predicted molar refractivity (Wildman–Crippen MR) is 128 cm³/mol. The highest BCUT2D eigenvalue weighted by atomic mass is 35.5. The van der Waals surface area contributed by atoms with Crippen LogP contribution >= 0.6 is 11.6 Å². The highest BCUT2D eigenvalue weighted by molar-refractivity contribution is 6.30. The topological polar surface area (TPSA) is 114 Å². The first-order valence-electron chi connectivity index (χ1n) is 11.4. The van der Waals surface area contributed by atoms with Crippen LogP contribution in [0.5, 0.6) is 0 Å². The Morgan fingerprint density at radius 3 is 2.69 bits per heavy atom. The van der Waals surface area contributed by atoms with Crippen molar-refractivity contribution in [3.63, 3.8) is 0 Å². The number of carbonyl (C=O) groups is 1. The van der Waals surface area contributed by atoms with Gasteiger partial charge in [-0.1, -0.05) is 30.2 Å². The number of halogens is 1. The molecule has 1 atom stereocenters. The van der Waals surface area contributed by atoms with Crippen LogP contribution in [0.1, 0.15) is 54.3 Å². The SMILES string of the molecule is N#Cc1c2n(c(=O)n(CC(=O)N3N=C(c4ccc(Cl)cc4)CC3c3ccco3)c1=O)CCCCC2. The molecule has 0 saturated heterocycles. The van der Waals surface area contributed by atoms with E-state index < -0.39 is 29.7 Å². The van der Waals surface area contributed by atoms with Crippen LogP contribution in [0, 0.1) is 11.3 Å². The molecule has 2 aromatic heterocycles. The molecule has 0 aliphatic carbocycles. The van der Waals surface area contributed by atoms with Gasteiger partial charge in [-0.05, 0) is 49.1 Å². The van der Waals surface area contributed by atoms with Gasteiger partial charge in [0.2, 0.25) is 0 Å². The van der Waals surface area contributed by atoms with Gasteiger partial charge in [-0.2, -0.15) is 10.4 Å². The Morgan fingerprint density at radius 1 is 1.17 bits per heavy atom. The van der Waals surface area contributed by atoms with Crippen molar-refractivity contribution in [2.45, 2.75) is 51.2 Å². The quantitative estimate of drug-likeness (QED) is 0.556. The number of aromatic nitrogens is 2. The number of furan rings is 1. The number of hydrogen-bond donors (Lipinski definition) is 0. The number of nitriles is 1. The van der Waals surface area contributed by atoms with Gasteiger partial charge in [0.15, 0.2) is 0 Å². The number of carbonyl (C=O) groups excluding carboxylic acids is 1. The maximum Gasteiger partial charge on any atom is 0.331 e. The first-order chi connectivity index (χ1) is 17.0. The monoisotopic (exact) mass is 491 g/mol. The average Bonchev–Trinajstić information content (AvgIpc) is 3.48. The molecule has 0 saturated carbocycles. The van der Waals surface area contributed by atoms with E-state index in [9.17, 15) is 19.6 Å². The lowest BCUT2D eigenvalue weighted by molar-refractivity contribution is -0.134. The second-order valence-corrected chi connectivity index (χ2v) is 9.03. The normalized spacial score (nSPS) is 17.4. The summed E-state index contributed by atoms with van der Waals surface area (Å²) in [6.45, 7) is -0.115. The van der Waals surface area contributed by atoms with Crippen LogP contribution in [0.2, 0.25) is 5.02 Å². The lowest BCUT2D eigenvalue weighted by Gasteiger charge is -2.21. The number of rotatable bonds is 4. The zero-order valence-corrected chi connectivity index (χ0v) is 19.6. The minimum absolute atomic E-state index is 0.0753. The molecule has 10 heteroatoms. The van der Waals surface area contributed by atoms with E-state index in [0.29, 0.717) is 41.6 Å². The Balaban J connectivity index is 1.53. The molecular formula is C25H22ClN5O4. The summed E-state index contributed by atoms with van der Waals surface area (Å²) in [6, 6.07) is 12.0. The second kappa shape index (κ2) is 9.39. The van der Waals surface area contributed by atoms with Crippen molar-refractivity contribution in [1.82, 2.24) is 14.1 Å². The Bertz CT molecular complexity index is 1460. The van der Waals surface area contributed by atoms with Gasteiger partial charge in [-0.15, -0.1) is 0 Å². The van der Waals surface area contributed by atoms with Gasteiger partial charge in [0.25, 0.3) is 11.5 Å². The maximum absolute atomic E-state index is 13.5. The molecule has 178 valence electrons. The first-order valence-corrected chi connectivity index (χ1v) is 11.8. The van der Waals surface area contributed by atoms with E-state index in [1.54, 1.807) is 24.3 Å². The van der Waals surface area contributed by atoms with Crippen LogP contribution in [0.25, 0.3) is 0 Å². The minimum atomic E-state index is -0.741. The number of hydrazone groups is 1. The van der Waals surface area contributed by atoms with E-state index >= 15 is 0 Å². The fourth-order valence-corrected chi connectivity index (χ4v) is 4.82. The standard InChI is InChI=1S/C25H22ClN5O4/c26-17-9-7-16(8-10-17)19-13-21(22-6-4-12-35-22)31(28-19)23(32)15-30-24(33)18(14-27)20-5-2-1-3-11-29(20)25(30)34/h4,6-10,12,21H,1-3,5,11,13,15H2. The fraction of sp³-hybridized carbons (Fsp3) is 0.320. The molecule has 0 bridgehead atoms. The molecule has 3 aromatic rings. The van der Waals surface area contributed by atoms with Gasteiger partial charge in [-0.3, -0.25) is 14.2 Å². The van der Waals surface area contributed by atoms with E-state index in [2.05, 4.69) is 5.10 Å². The molecule has 0 spiro atoms. The molecular weight excluding hydrogens is 470 g/mol. The number of amides is 1. The van der Waals surface area contributed by atoms with E-state index in [1.165, 1.54) is 15.8 Å². The smallest absolute Gasteiger partial charge is 0.331 e. The predicted octanol–water partition coefficient (Wildman–Crippen LogP) is 3.23. The fourth-order valence-electron chi connectivity index (χ4n) is 4.69. The Hall–Kier alpha value is -3.90. The van der Waals surface area contributed by atoms with Gasteiger partial charge in [0, 0.05) is 23.7 Å². The third-order valence-electron chi connectivity index (χ3n) is 6.45. The van der Waals surface area contributed by atoms with Crippen LogP contribution in [0.4, 0.5) is 0 Å². The summed E-state index contributed by atoms with van der Waals surface area (Å²) in [4.78, 5) is 39.7. The first kappa shape index (κ1) is 22.9. The zero-order valence-electron chi connectivity index (χ0n) is 18.8. The number of nitrogens with zero attached hydrogens (tertiary/aromatic N) is 5. The number of benzene rings is 1. The molecule has 2 aliphatic rings. The van der Waals surface area contributed by atoms with Gasteiger partial charge in [-0.25, -0.2) is 14.4 Å². The van der Waals surface area contributed by atoms with E-state index in [1.807, 2.05) is 18.2 Å². The Labute approximate surface area is 205 Å². The molecule has 1 unspecified atom stereocenters. The van der Waals surface area contributed by atoms with Gasteiger partial charge < -0.3 is 4.42 Å². The summed E-state index contributed by atoms with van der Waals surface area (Å²) in [6.07, 6.45) is 4.87. The van der Waals surface area contributed by atoms with Gasteiger partial charge in [0.1, 0.15) is 30.0 Å². The molecule has 1 aromatic carbocycles. The zero-order chi connectivity index (χ0) is 24.5. The largest absolute Gasteiger partial charge is 0.467 e. The molecule has 1 amide bonds. The third-order valence-corrected chi connectivity index (χ3v) is 6.70. The van der Waals surface area contributed by atoms with Crippen molar-refractivity contribution in [1.29, 1.82) is 5.26 Å². The summed E-state index contributed by atoms with van der Waals surface area (Å²) in [5.41, 5.74) is 0.523. The van der Waals surface area contributed by atoms with Crippen molar-refractivity contribution < 1.29 is 9.21 Å². The lowest BCUT2D eigenvalue weighted by atomic mass is 10.0. The summed E-state index contributed by atoms with van der Waals surface area (Å²) >= 11 is 6.01. The molecule has 2 aliphatic heterocycles. The molecule has 5 rings (SSSR count). The van der Waals surface area contributed by atoms with Crippen molar-refractivity contribution in [2.24, 2.45) is 5.10 Å². The summed E-state index contributed by atoms with van der Waals surface area (Å²) in [7, 11) is 0. The van der Waals surface area contributed by atoms with E-state index in [-0.39, 0.29) is 5.56 Å². The Kier molecular flexibility index (Phi) is 6.14. The molecule has 0 N–H and O–H groups in total. The maximum atomic E-state index is 13.5. The highest BCUT2D eigenvalue weighted by Gasteiger charge is 2.35. The molecule has 0 radical (unpaired) electrons. The average molecular weight is 492 g/mol. The number of fused-ring (bicyclic) bond motifs is 1. The van der Waals surface area contributed by atoms with Gasteiger partial charge >= 0.3 is 5.69 Å². The van der Waals surface area contributed by atoms with Crippen molar-refractivity contribution in [3.05, 3.63) is 91.1 Å². The van der Waals surface area contributed by atoms with Crippen LogP contribution in [-0.4, -0.2) is 25.8 Å². The van der Waals surface area contributed by atoms with E-state index in [0.717, 1.165) is 29.4 Å². The molecule has 4 heterocycles. The van der Waals surface area contributed by atoms with Crippen LogP contribution < -0.4 is 11.2 Å². The van der Waals surface area contributed by atoms with Crippen LogP contribution in [0.15, 0.2) is 61.8 Å². The van der Waals surface area contributed by atoms with Crippen LogP contribution in [0.3, 0.4) is 0 Å². The van der Waals surface area contributed by atoms with Crippen molar-refractivity contribution in [3.8, 4) is 6.07 Å². The third kappa shape index (κ3) is 4.21. The minimum Gasteiger partial charge on any atom is -0.467 e. The molecule has 35 heavy (non-hydrogen) atoms. The summed E-state index contributed by atoms with van der Waals surface area (Å²) in [5, 5.41) is 16.0. The second-order valence-electron chi connectivity index (χ2n) is 8.60. The van der Waals surface area contributed by atoms with E-state index in [4.69, 9.17) is 16.0 Å². The highest BCUT2D eigenvalue weighted by Crippen LogP contribution is 2.33. The summed E-state index contributed by atoms with van der Waals surface area (Å²) < 4.78 is 7.88. The molecule has 0 fully saturated rings. The lowest BCUT2D eigenvalue weighted by Crippen LogP contribution is -2.46. The van der Waals surface area contributed by atoms with Crippen LogP contribution in [-0.2, 0) is 24.3 Å². The van der Waals surface area contributed by atoms with Crippen molar-refractivity contribution in [2.75, 3.05) is 0 Å². The molecule has 9 nitrogen and oxygen atoms in total.